The van der Waals surface area contributed by atoms with Crippen molar-refractivity contribution in [3.8, 4) is 5.75 Å². The first-order valence-electron chi connectivity index (χ1n) is 4.66. The normalized spacial score (nSPS) is 17.1. The van der Waals surface area contributed by atoms with Gasteiger partial charge in [-0.15, -0.1) is 0 Å². The van der Waals surface area contributed by atoms with Crippen molar-refractivity contribution in [2.75, 3.05) is 6.61 Å². The number of para-hydroxylation sites is 2. The molecule has 0 saturated heterocycles. The fraction of sp³-hybridized carbons (Fsp3) is 0.400. The number of hydrogen-bond acceptors (Lipinski definition) is 3. The van der Waals surface area contributed by atoms with Crippen molar-refractivity contribution < 1.29 is 9.66 Å². The zero-order chi connectivity index (χ0) is 10.9. The molecule has 80 valence electrons. The Morgan fingerprint density at radius 3 is 2.73 bits per heavy atom. The Hall–Kier alpha value is -0.850. The van der Waals surface area contributed by atoms with Gasteiger partial charge in [0.1, 0.15) is 6.61 Å². The summed E-state index contributed by atoms with van der Waals surface area (Å²) in [6.07, 6.45) is 2.27. The first-order valence-corrected chi connectivity index (χ1v) is 5.74. The molecule has 5 heteroatoms. The summed E-state index contributed by atoms with van der Waals surface area (Å²) in [5.74, 6) is 0.366. The highest BCUT2D eigenvalue weighted by molar-refractivity contribution is 14.1. The van der Waals surface area contributed by atoms with Gasteiger partial charge in [0.2, 0.25) is 0 Å². The number of rotatable bonds is 4. The molecular formula is C10H10INO3. The largest absolute Gasteiger partial charge is 0.485 e. The zero-order valence-corrected chi connectivity index (χ0v) is 10.1. The van der Waals surface area contributed by atoms with E-state index in [1.54, 1.807) is 18.2 Å². The van der Waals surface area contributed by atoms with Crippen molar-refractivity contribution in [2.45, 2.75) is 16.3 Å². The summed E-state index contributed by atoms with van der Waals surface area (Å²) >= 11 is 2.35. The molecule has 0 bridgehead atoms. The molecule has 0 heterocycles. The van der Waals surface area contributed by atoms with Crippen molar-refractivity contribution in [3.05, 3.63) is 34.4 Å². The number of hydrogen-bond donors (Lipinski definition) is 0. The monoisotopic (exact) mass is 319 g/mol. The zero-order valence-electron chi connectivity index (χ0n) is 7.98. The summed E-state index contributed by atoms with van der Waals surface area (Å²) in [6, 6.07) is 6.49. The number of ether oxygens (including phenoxy) is 1. The number of nitro groups is 1. The third kappa shape index (κ3) is 2.58. The number of benzene rings is 1. The molecule has 1 fully saturated rings. The van der Waals surface area contributed by atoms with Crippen LogP contribution in [0, 0.1) is 10.1 Å². The second-order valence-electron chi connectivity index (χ2n) is 3.66. The predicted octanol–water partition coefficient (Wildman–Crippen LogP) is 2.94. The van der Waals surface area contributed by atoms with E-state index >= 15 is 0 Å². The molecule has 0 N–H and O–H groups in total. The number of halogens is 1. The van der Waals surface area contributed by atoms with Gasteiger partial charge in [0.15, 0.2) is 5.75 Å². The average molecular weight is 319 g/mol. The molecule has 0 unspecified atom stereocenters. The molecule has 1 aliphatic carbocycles. The topological polar surface area (TPSA) is 52.4 Å². The van der Waals surface area contributed by atoms with Crippen LogP contribution in [0.2, 0.25) is 0 Å². The average Bonchev–Trinajstić information content (AvgIpc) is 2.95. The molecule has 0 aliphatic heterocycles. The van der Waals surface area contributed by atoms with Gasteiger partial charge >= 0.3 is 5.69 Å². The molecule has 0 radical (unpaired) electrons. The summed E-state index contributed by atoms with van der Waals surface area (Å²) in [4.78, 5) is 10.3. The highest BCUT2D eigenvalue weighted by Crippen LogP contribution is 2.45. The van der Waals surface area contributed by atoms with Crippen LogP contribution >= 0.6 is 22.6 Å². The van der Waals surface area contributed by atoms with Gasteiger partial charge in [-0.25, -0.2) is 0 Å². The van der Waals surface area contributed by atoms with Gasteiger partial charge in [-0.2, -0.15) is 0 Å². The number of alkyl halides is 1. The molecule has 1 aromatic rings. The summed E-state index contributed by atoms with van der Waals surface area (Å²) in [5, 5.41) is 10.7. The van der Waals surface area contributed by atoms with Gasteiger partial charge in [-0.3, -0.25) is 10.1 Å². The maximum atomic E-state index is 10.7. The second kappa shape index (κ2) is 3.96. The summed E-state index contributed by atoms with van der Waals surface area (Å²) in [5.41, 5.74) is 0.0400. The quantitative estimate of drug-likeness (QED) is 0.371. The van der Waals surface area contributed by atoms with E-state index in [1.165, 1.54) is 6.07 Å². The van der Waals surface area contributed by atoms with Crippen LogP contribution in [0.5, 0.6) is 5.75 Å². The fourth-order valence-corrected chi connectivity index (χ4v) is 1.64. The molecule has 1 aromatic carbocycles. The minimum absolute atomic E-state index is 0.0400. The number of nitro benzene ring substituents is 1. The Labute approximate surface area is 101 Å². The highest BCUT2D eigenvalue weighted by atomic mass is 127. The Morgan fingerprint density at radius 1 is 1.47 bits per heavy atom. The molecule has 1 saturated carbocycles. The van der Waals surface area contributed by atoms with Crippen molar-refractivity contribution in [2.24, 2.45) is 0 Å². The number of nitrogens with zero attached hydrogens (tertiary/aromatic N) is 1. The lowest BCUT2D eigenvalue weighted by atomic mass is 10.3. The fourth-order valence-electron chi connectivity index (χ4n) is 1.22. The Bertz CT molecular complexity index is 390. The molecule has 0 spiro atoms. The summed E-state index contributed by atoms with van der Waals surface area (Å²) in [7, 11) is 0. The van der Waals surface area contributed by atoms with Gasteiger partial charge in [-0.1, -0.05) is 34.7 Å². The molecule has 1 aliphatic rings. The van der Waals surface area contributed by atoms with Gasteiger partial charge < -0.3 is 4.74 Å². The van der Waals surface area contributed by atoms with Crippen LogP contribution < -0.4 is 4.74 Å². The van der Waals surface area contributed by atoms with Gasteiger partial charge in [-0.05, 0) is 18.9 Å². The van der Waals surface area contributed by atoms with E-state index in [0.717, 1.165) is 12.8 Å². The lowest BCUT2D eigenvalue weighted by Crippen LogP contribution is -2.12. The lowest BCUT2D eigenvalue weighted by Gasteiger charge is -2.09. The van der Waals surface area contributed by atoms with Crippen molar-refractivity contribution in [1.29, 1.82) is 0 Å². The van der Waals surface area contributed by atoms with Crippen LogP contribution in [-0.2, 0) is 0 Å². The highest BCUT2D eigenvalue weighted by Gasteiger charge is 2.40. The van der Waals surface area contributed by atoms with E-state index < -0.39 is 4.92 Å². The van der Waals surface area contributed by atoms with Crippen LogP contribution in [-0.4, -0.2) is 15.0 Å². The molecule has 15 heavy (non-hydrogen) atoms. The first kappa shape index (κ1) is 10.7. The molecule has 0 aromatic heterocycles. The standard InChI is InChI=1S/C10H10INO3/c11-10(5-6-10)7-15-9-4-2-1-3-8(9)12(13)14/h1-4H,5-7H2. The van der Waals surface area contributed by atoms with Gasteiger partial charge in [0, 0.05) is 6.07 Å². The lowest BCUT2D eigenvalue weighted by molar-refractivity contribution is -0.385. The Kier molecular flexibility index (Phi) is 2.81. The molecule has 4 nitrogen and oxygen atoms in total. The molecular weight excluding hydrogens is 309 g/mol. The molecule has 0 amide bonds. The SMILES string of the molecule is O=[N+]([O-])c1ccccc1OCC1(I)CC1. The van der Waals surface area contributed by atoms with E-state index in [0.29, 0.717) is 12.4 Å². The summed E-state index contributed by atoms with van der Waals surface area (Å²) in [6.45, 7) is 0.554. The van der Waals surface area contributed by atoms with Crippen LogP contribution in [0.1, 0.15) is 12.8 Å². The smallest absolute Gasteiger partial charge is 0.310 e. The maximum Gasteiger partial charge on any atom is 0.310 e. The van der Waals surface area contributed by atoms with Crippen molar-refractivity contribution >= 4 is 28.3 Å². The van der Waals surface area contributed by atoms with Crippen LogP contribution in [0.15, 0.2) is 24.3 Å². The van der Waals surface area contributed by atoms with Crippen LogP contribution in [0.25, 0.3) is 0 Å². The third-order valence-electron chi connectivity index (χ3n) is 2.34. The van der Waals surface area contributed by atoms with E-state index in [2.05, 4.69) is 22.6 Å². The second-order valence-corrected chi connectivity index (χ2v) is 5.95. The van der Waals surface area contributed by atoms with Gasteiger partial charge in [0.05, 0.1) is 8.35 Å². The van der Waals surface area contributed by atoms with E-state index in [-0.39, 0.29) is 9.11 Å². The van der Waals surface area contributed by atoms with E-state index in [4.69, 9.17) is 4.74 Å². The molecule has 0 atom stereocenters. The third-order valence-corrected chi connectivity index (χ3v) is 3.73. The van der Waals surface area contributed by atoms with E-state index in [9.17, 15) is 10.1 Å². The Balaban J connectivity index is 2.09. The predicted molar refractivity (Wildman–Crippen MR) is 64.6 cm³/mol. The minimum atomic E-state index is -0.415. The summed E-state index contributed by atoms with van der Waals surface area (Å²) < 4.78 is 5.69. The van der Waals surface area contributed by atoms with Gasteiger partial charge in [0.25, 0.3) is 0 Å². The maximum absolute atomic E-state index is 10.7. The van der Waals surface area contributed by atoms with Crippen LogP contribution in [0.3, 0.4) is 0 Å². The van der Waals surface area contributed by atoms with Crippen molar-refractivity contribution in [1.82, 2.24) is 0 Å². The molecule has 2 rings (SSSR count). The Morgan fingerprint density at radius 2 is 2.13 bits per heavy atom. The van der Waals surface area contributed by atoms with Crippen molar-refractivity contribution in [3.63, 3.8) is 0 Å². The van der Waals surface area contributed by atoms with E-state index in [1.807, 2.05) is 0 Å². The van der Waals surface area contributed by atoms with Crippen LogP contribution in [0.4, 0.5) is 5.69 Å². The minimum Gasteiger partial charge on any atom is -0.485 e. The first-order chi connectivity index (χ1) is 7.11.